The van der Waals surface area contributed by atoms with Crippen molar-refractivity contribution in [2.75, 3.05) is 31.2 Å². The van der Waals surface area contributed by atoms with Gasteiger partial charge in [-0.3, -0.25) is 4.90 Å². The molecule has 1 aliphatic heterocycles. The van der Waals surface area contributed by atoms with E-state index in [4.69, 9.17) is 10.00 Å². The molecule has 5 heteroatoms. The molecule has 2 unspecified atom stereocenters. The van der Waals surface area contributed by atoms with Crippen LogP contribution in [0.3, 0.4) is 0 Å². The van der Waals surface area contributed by atoms with E-state index in [1.165, 1.54) is 0 Å². The minimum Gasteiger partial charge on any atom is -0.491 e. The SMILES string of the molecule is CC1CSCCN1CC(O)COc1ccc(CC#N)cc1. The van der Waals surface area contributed by atoms with Crippen molar-refractivity contribution in [2.24, 2.45) is 0 Å². The Balaban J connectivity index is 1.75. The zero-order valence-corrected chi connectivity index (χ0v) is 13.2. The molecule has 1 aromatic carbocycles. The van der Waals surface area contributed by atoms with Crippen molar-refractivity contribution in [2.45, 2.75) is 25.5 Å². The first-order valence-corrected chi connectivity index (χ1v) is 8.43. The lowest BCUT2D eigenvalue weighted by Gasteiger charge is -2.34. The maximum atomic E-state index is 10.1. The summed E-state index contributed by atoms with van der Waals surface area (Å²) in [5.41, 5.74) is 0.977. The smallest absolute Gasteiger partial charge is 0.119 e. The molecule has 0 saturated carbocycles. The van der Waals surface area contributed by atoms with Gasteiger partial charge in [-0.05, 0) is 24.6 Å². The summed E-state index contributed by atoms with van der Waals surface area (Å²) in [6, 6.07) is 10.1. The van der Waals surface area contributed by atoms with Gasteiger partial charge in [-0.15, -0.1) is 0 Å². The van der Waals surface area contributed by atoms with Gasteiger partial charge in [0.25, 0.3) is 0 Å². The molecule has 1 aliphatic rings. The predicted molar refractivity (Wildman–Crippen MR) is 85.6 cm³/mol. The van der Waals surface area contributed by atoms with E-state index in [1.807, 2.05) is 36.0 Å². The minimum atomic E-state index is -0.477. The highest BCUT2D eigenvalue weighted by molar-refractivity contribution is 7.99. The molecule has 1 N–H and O–H groups in total. The molecular formula is C16H22N2O2S. The lowest BCUT2D eigenvalue weighted by Crippen LogP contribution is -2.45. The largest absolute Gasteiger partial charge is 0.491 e. The number of hydrogen-bond acceptors (Lipinski definition) is 5. The first-order chi connectivity index (χ1) is 10.2. The van der Waals surface area contributed by atoms with Crippen LogP contribution in [0.4, 0.5) is 0 Å². The molecule has 21 heavy (non-hydrogen) atoms. The molecule has 0 amide bonds. The number of aliphatic hydroxyl groups excluding tert-OH is 1. The third kappa shape index (κ3) is 5.24. The zero-order chi connectivity index (χ0) is 15.1. The van der Waals surface area contributed by atoms with Gasteiger partial charge in [0, 0.05) is 30.6 Å². The van der Waals surface area contributed by atoms with E-state index in [0.29, 0.717) is 25.6 Å². The van der Waals surface area contributed by atoms with Crippen molar-refractivity contribution in [1.82, 2.24) is 4.90 Å². The predicted octanol–water partition coefficient (Wildman–Crippen LogP) is 1.93. The molecule has 114 valence electrons. The Morgan fingerprint density at radius 2 is 2.24 bits per heavy atom. The zero-order valence-electron chi connectivity index (χ0n) is 12.4. The second kappa shape index (κ2) is 8.28. The van der Waals surface area contributed by atoms with Crippen molar-refractivity contribution in [3.05, 3.63) is 29.8 Å². The molecule has 0 radical (unpaired) electrons. The number of β-amino-alcohol motifs (C(OH)–C–C–N with tert-alkyl or cyclic N) is 1. The number of rotatable bonds is 6. The molecule has 2 rings (SSSR count). The summed E-state index contributed by atoms with van der Waals surface area (Å²) in [7, 11) is 0. The highest BCUT2D eigenvalue weighted by Gasteiger charge is 2.21. The maximum absolute atomic E-state index is 10.1. The van der Waals surface area contributed by atoms with Gasteiger partial charge in [-0.2, -0.15) is 17.0 Å². The van der Waals surface area contributed by atoms with Crippen LogP contribution in [0.15, 0.2) is 24.3 Å². The Morgan fingerprint density at radius 1 is 1.48 bits per heavy atom. The second-order valence-corrected chi connectivity index (χ2v) is 6.51. The highest BCUT2D eigenvalue weighted by atomic mass is 32.2. The third-order valence-corrected chi connectivity index (χ3v) is 4.79. The molecule has 1 aromatic rings. The first kappa shape index (κ1) is 16.2. The molecule has 1 fully saturated rings. The summed E-state index contributed by atoms with van der Waals surface area (Å²) in [6.07, 6.45) is -0.0670. The number of nitriles is 1. The summed E-state index contributed by atoms with van der Waals surface area (Å²) >= 11 is 1.97. The summed E-state index contributed by atoms with van der Waals surface area (Å²) in [6.45, 7) is 4.20. The van der Waals surface area contributed by atoms with Gasteiger partial charge in [-0.1, -0.05) is 12.1 Å². The fourth-order valence-corrected chi connectivity index (χ4v) is 3.43. The van der Waals surface area contributed by atoms with Crippen molar-refractivity contribution >= 4 is 11.8 Å². The summed E-state index contributed by atoms with van der Waals surface area (Å²) in [5, 5.41) is 18.7. The Bertz CT molecular complexity index is 472. The third-order valence-electron chi connectivity index (χ3n) is 3.60. The van der Waals surface area contributed by atoms with Crippen LogP contribution in [0, 0.1) is 11.3 Å². The Hall–Kier alpha value is -1.22. The fourth-order valence-electron chi connectivity index (χ4n) is 2.34. The van der Waals surface area contributed by atoms with E-state index in [2.05, 4.69) is 17.9 Å². The van der Waals surface area contributed by atoms with Gasteiger partial charge in [0.15, 0.2) is 0 Å². The number of ether oxygens (including phenoxy) is 1. The number of nitrogens with zero attached hydrogens (tertiary/aromatic N) is 2. The molecule has 0 aromatic heterocycles. The van der Waals surface area contributed by atoms with Gasteiger partial charge in [0.1, 0.15) is 18.5 Å². The van der Waals surface area contributed by atoms with Crippen LogP contribution in [0.2, 0.25) is 0 Å². The minimum absolute atomic E-state index is 0.300. The van der Waals surface area contributed by atoms with E-state index in [0.717, 1.165) is 29.4 Å². The quantitative estimate of drug-likeness (QED) is 0.870. The molecule has 1 saturated heterocycles. The van der Waals surface area contributed by atoms with Crippen molar-refractivity contribution in [3.8, 4) is 11.8 Å². The number of aliphatic hydroxyl groups is 1. The normalized spacial score (nSPS) is 20.7. The molecule has 0 spiro atoms. The van der Waals surface area contributed by atoms with Gasteiger partial charge >= 0.3 is 0 Å². The first-order valence-electron chi connectivity index (χ1n) is 7.27. The summed E-state index contributed by atoms with van der Waals surface area (Å²) in [5.74, 6) is 3.00. The number of thioether (sulfide) groups is 1. The molecule has 0 bridgehead atoms. The summed E-state index contributed by atoms with van der Waals surface area (Å²) < 4.78 is 5.61. The van der Waals surface area contributed by atoms with E-state index in [1.54, 1.807) is 0 Å². The van der Waals surface area contributed by atoms with E-state index >= 15 is 0 Å². The standard InChI is InChI=1S/C16H22N2O2S/c1-13-12-21-9-8-18(13)10-15(19)11-20-16-4-2-14(3-5-16)6-7-17/h2-5,13,15,19H,6,8-12H2,1H3. The Kier molecular flexibility index (Phi) is 6.37. The highest BCUT2D eigenvalue weighted by Crippen LogP contribution is 2.17. The lowest BCUT2D eigenvalue weighted by atomic mass is 10.2. The van der Waals surface area contributed by atoms with Crippen LogP contribution >= 0.6 is 11.8 Å². The van der Waals surface area contributed by atoms with E-state index < -0.39 is 6.10 Å². The number of hydrogen-bond donors (Lipinski definition) is 1. The average Bonchev–Trinajstić information content (AvgIpc) is 2.49. The van der Waals surface area contributed by atoms with Gasteiger partial charge < -0.3 is 9.84 Å². The van der Waals surface area contributed by atoms with Crippen LogP contribution in [0.25, 0.3) is 0 Å². The van der Waals surface area contributed by atoms with Gasteiger partial charge in [0.2, 0.25) is 0 Å². The Labute approximate surface area is 130 Å². The molecular weight excluding hydrogens is 284 g/mol. The van der Waals surface area contributed by atoms with Crippen molar-refractivity contribution in [1.29, 1.82) is 5.26 Å². The molecule has 2 atom stereocenters. The number of benzene rings is 1. The van der Waals surface area contributed by atoms with Crippen molar-refractivity contribution < 1.29 is 9.84 Å². The second-order valence-electron chi connectivity index (χ2n) is 5.36. The lowest BCUT2D eigenvalue weighted by molar-refractivity contribution is 0.0596. The van der Waals surface area contributed by atoms with Crippen molar-refractivity contribution in [3.63, 3.8) is 0 Å². The topological polar surface area (TPSA) is 56.5 Å². The monoisotopic (exact) mass is 306 g/mol. The van der Waals surface area contributed by atoms with Crippen LogP contribution in [0.1, 0.15) is 12.5 Å². The fraction of sp³-hybridized carbons (Fsp3) is 0.562. The van der Waals surface area contributed by atoms with E-state index in [9.17, 15) is 5.11 Å². The molecule has 0 aliphatic carbocycles. The Morgan fingerprint density at radius 3 is 2.90 bits per heavy atom. The van der Waals surface area contributed by atoms with E-state index in [-0.39, 0.29) is 0 Å². The van der Waals surface area contributed by atoms with Crippen LogP contribution in [0.5, 0.6) is 5.75 Å². The summed E-state index contributed by atoms with van der Waals surface area (Å²) in [4.78, 5) is 2.32. The van der Waals surface area contributed by atoms with Gasteiger partial charge in [0.05, 0.1) is 12.5 Å². The maximum Gasteiger partial charge on any atom is 0.119 e. The molecule has 1 heterocycles. The average molecular weight is 306 g/mol. The van der Waals surface area contributed by atoms with Crippen LogP contribution in [-0.4, -0.2) is 53.4 Å². The van der Waals surface area contributed by atoms with Crippen LogP contribution < -0.4 is 4.74 Å². The van der Waals surface area contributed by atoms with Crippen LogP contribution in [-0.2, 0) is 6.42 Å². The van der Waals surface area contributed by atoms with Gasteiger partial charge in [-0.25, -0.2) is 0 Å². The molecule has 4 nitrogen and oxygen atoms in total.